The minimum absolute atomic E-state index is 0.00481. The summed E-state index contributed by atoms with van der Waals surface area (Å²) in [7, 11) is -3.01. The molecule has 0 bridgehead atoms. The van der Waals surface area contributed by atoms with Crippen molar-refractivity contribution in [1.29, 1.82) is 0 Å². The molecule has 7 heteroatoms. The number of nitrogens with one attached hydrogen (secondary N) is 1. The summed E-state index contributed by atoms with van der Waals surface area (Å²) in [4.78, 5) is 12.4. The Morgan fingerprint density at radius 2 is 2.24 bits per heavy atom. The summed E-state index contributed by atoms with van der Waals surface area (Å²) >= 11 is 6.93. The maximum atomic E-state index is 11.9. The van der Waals surface area contributed by atoms with E-state index in [9.17, 15) is 13.2 Å². The number of carbonyl (C=O) groups is 1. The van der Waals surface area contributed by atoms with E-state index < -0.39 is 15.4 Å². The van der Waals surface area contributed by atoms with Crippen LogP contribution in [0.25, 0.3) is 0 Å². The predicted molar refractivity (Wildman–Crippen MR) is 68.5 cm³/mol. The zero-order chi connectivity index (χ0) is 12.7. The first kappa shape index (κ1) is 12.9. The summed E-state index contributed by atoms with van der Waals surface area (Å²) in [5, 5.41) is 2.77. The molecule has 2 heterocycles. The van der Waals surface area contributed by atoms with Crippen LogP contribution in [0, 0.1) is 0 Å². The molecule has 0 spiro atoms. The van der Waals surface area contributed by atoms with Crippen molar-refractivity contribution in [3.63, 3.8) is 0 Å². The fourth-order valence-electron chi connectivity index (χ4n) is 1.88. The minimum atomic E-state index is -3.01. The zero-order valence-electron chi connectivity index (χ0n) is 9.20. The Bertz CT molecular complexity index is 552. The van der Waals surface area contributed by atoms with Crippen molar-refractivity contribution in [2.24, 2.45) is 0 Å². The van der Waals surface area contributed by atoms with Crippen LogP contribution in [-0.2, 0) is 9.84 Å². The first-order valence-corrected chi connectivity index (χ1v) is 8.10. The third-order valence-electron chi connectivity index (χ3n) is 2.72. The minimum Gasteiger partial charge on any atom is -0.345 e. The highest BCUT2D eigenvalue weighted by molar-refractivity contribution is 7.91. The van der Waals surface area contributed by atoms with Crippen LogP contribution in [0.4, 0.5) is 0 Å². The molecule has 1 amide bonds. The lowest BCUT2D eigenvalue weighted by molar-refractivity contribution is 0.0919. The molecule has 1 unspecified atom stereocenters. The standard InChI is InChI=1S/C10H12ClNO3S2/c1-10(4-5-17(14,15)6-10)12-9(13)7-2-3-8(11)16-7/h2-3H,4-6H2,1H3,(H,12,13). The molecule has 0 saturated carbocycles. The maximum Gasteiger partial charge on any atom is 0.261 e. The average molecular weight is 294 g/mol. The fraction of sp³-hybridized carbons (Fsp3) is 0.500. The smallest absolute Gasteiger partial charge is 0.261 e. The van der Waals surface area contributed by atoms with Crippen LogP contribution >= 0.6 is 22.9 Å². The van der Waals surface area contributed by atoms with Crippen molar-refractivity contribution in [2.75, 3.05) is 11.5 Å². The number of hydrogen-bond donors (Lipinski definition) is 1. The van der Waals surface area contributed by atoms with Crippen molar-refractivity contribution in [2.45, 2.75) is 18.9 Å². The van der Waals surface area contributed by atoms with Crippen molar-refractivity contribution in [3.05, 3.63) is 21.3 Å². The Labute approximate surface area is 109 Å². The number of halogens is 1. The van der Waals surface area contributed by atoms with E-state index in [0.29, 0.717) is 15.6 Å². The molecule has 94 valence electrons. The van der Waals surface area contributed by atoms with E-state index in [2.05, 4.69) is 5.32 Å². The second-order valence-electron chi connectivity index (χ2n) is 4.46. The quantitative estimate of drug-likeness (QED) is 0.903. The molecular formula is C10H12ClNO3S2. The van der Waals surface area contributed by atoms with Crippen molar-refractivity contribution in [3.8, 4) is 0 Å². The molecule has 1 N–H and O–H groups in total. The SMILES string of the molecule is CC1(NC(=O)c2ccc(Cl)s2)CCS(=O)(=O)C1. The lowest BCUT2D eigenvalue weighted by atomic mass is 10.0. The first-order chi connectivity index (χ1) is 7.80. The molecule has 17 heavy (non-hydrogen) atoms. The lowest BCUT2D eigenvalue weighted by Crippen LogP contribution is -2.46. The Morgan fingerprint density at radius 3 is 2.71 bits per heavy atom. The number of rotatable bonds is 2. The van der Waals surface area contributed by atoms with Crippen molar-refractivity contribution in [1.82, 2.24) is 5.32 Å². The van der Waals surface area contributed by atoms with Crippen LogP contribution in [-0.4, -0.2) is 31.4 Å². The van der Waals surface area contributed by atoms with Gasteiger partial charge in [0.05, 0.1) is 26.3 Å². The van der Waals surface area contributed by atoms with Crippen LogP contribution in [0.3, 0.4) is 0 Å². The van der Waals surface area contributed by atoms with Gasteiger partial charge >= 0.3 is 0 Å². The summed E-state index contributed by atoms with van der Waals surface area (Å²) in [6, 6.07) is 3.28. The molecule has 1 saturated heterocycles. The van der Waals surface area contributed by atoms with E-state index in [1.54, 1.807) is 19.1 Å². The van der Waals surface area contributed by atoms with Gasteiger partial charge in [0.25, 0.3) is 5.91 Å². The van der Waals surface area contributed by atoms with Crippen molar-refractivity contribution >= 4 is 38.7 Å². The molecule has 0 radical (unpaired) electrons. The first-order valence-electron chi connectivity index (χ1n) is 5.08. The number of thiophene rings is 1. The van der Waals surface area contributed by atoms with Crippen LogP contribution in [0.5, 0.6) is 0 Å². The Balaban J connectivity index is 2.10. The number of hydrogen-bond acceptors (Lipinski definition) is 4. The van der Waals surface area contributed by atoms with Crippen LogP contribution in [0.1, 0.15) is 23.0 Å². The summed E-state index contributed by atoms with van der Waals surface area (Å²) in [6.07, 6.45) is 0.459. The third-order valence-corrected chi connectivity index (χ3v) is 5.85. The highest BCUT2D eigenvalue weighted by atomic mass is 35.5. The van der Waals surface area contributed by atoms with Gasteiger partial charge in [0.2, 0.25) is 0 Å². The topological polar surface area (TPSA) is 63.2 Å². The second-order valence-corrected chi connectivity index (χ2v) is 8.36. The van der Waals surface area contributed by atoms with Gasteiger partial charge in [-0.1, -0.05) is 11.6 Å². The normalized spacial score (nSPS) is 26.9. The molecule has 1 aliphatic rings. The van der Waals surface area contributed by atoms with Gasteiger partial charge in [-0.2, -0.15) is 0 Å². The summed E-state index contributed by atoms with van der Waals surface area (Å²) in [6.45, 7) is 1.75. The molecule has 1 fully saturated rings. The molecule has 0 aliphatic carbocycles. The predicted octanol–water partition coefficient (Wildman–Crippen LogP) is 1.71. The molecule has 2 rings (SSSR count). The summed E-state index contributed by atoms with van der Waals surface area (Å²) in [5.74, 6) is -0.124. The van der Waals surface area contributed by atoms with Gasteiger partial charge in [0.1, 0.15) is 0 Å². The molecule has 1 atom stereocenters. The molecule has 1 aliphatic heterocycles. The highest BCUT2D eigenvalue weighted by Crippen LogP contribution is 2.25. The molecule has 1 aromatic rings. The Kier molecular flexibility index (Phi) is 3.22. The monoisotopic (exact) mass is 293 g/mol. The van der Waals surface area contributed by atoms with Gasteiger partial charge in [-0.15, -0.1) is 11.3 Å². The Morgan fingerprint density at radius 1 is 1.53 bits per heavy atom. The fourth-order valence-corrected chi connectivity index (χ4v) is 4.91. The largest absolute Gasteiger partial charge is 0.345 e. The van der Waals surface area contributed by atoms with E-state index in [1.165, 1.54) is 11.3 Å². The van der Waals surface area contributed by atoms with E-state index in [-0.39, 0.29) is 17.4 Å². The molecule has 0 aromatic carbocycles. The van der Waals surface area contributed by atoms with Gasteiger partial charge in [0.15, 0.2) is 9.84 Å². The second kappa shape index (κ2) is 4.26. The molecular weight excluding hydrogens is 282 g/mol. The molecule has 1 aromatic heterocycles. The van der Waals surface area contributed by atoms with Crippen LogP contribution < -0.4 is 5.32 Å². The zero-order valence-corrected chi connectivity index (χ0v) is 11.6. The maximum absolute atomic E-state index is 11.9. The Hall–Kier alpha value is -0.590. The summed E-state index contributed by atoms with van der Waals surface area (Å²) in [5.41, 5.74) is -0.660. The van der Waals surface area contributed by atoms with Crippen molar-refractivity contribution < 1.29 is 13.2 Å². The lowest BCUT2D eigenvalue weighted by Gasteiger charge is -2.23. The van der Waals surface area contributed by atoms with E-state index in [1.807, 2.05) is 0 Å². The van der Waals surface area contributed by atoms with Gasteiger partial charge in [-0.05, 0) is 25.5 Å². The average Bonchev–Trinajstić information content (AvgIpc) is 2.71. The number of amides is 1. The third kappa shape index (κ3) is 3.00. The number of carbonyl (C=O) groups excluding carboxylic acids is 1. The van der Waals surface area contributed by atoms with Gasteiger partial charge in [-0.25, -0.2) is 8.42 Å². The van der Waals surface area contributed by atoms with Gasteiger partial charge < -0.3 is 5.32 Å². The van der Waals surface area contributed by atoms with Crippen LogP contribution in [0.15, 0.2) is 12.1 Å². The van der Waals surface area contributed by atoms with E-state index in [4.69, 9.17) is 11.6 Å². The molecule has 4 nitrogen and oxygen atoms in total. The van der Waals surface area contributed by atoms with Crippen LogP contribution in [0.2, 0.25) is 4.34 Å². The van der Waals surface area contributed by atoms with E-state index in [0.717, 1.165) is 0 Å². The number of sulfone groups is 1. The summed E-state index contributed by atoms with van der Waals surface area (Å²) < 4.78 is 23.3. The van der Waals surface area contributed by atoms with Gasteiger partial charge in [-0.3, -0.25) is 4.79 Å². The van der Waals surface area contributed by atoms with Gasteiger partial charge in [0, 0.05) is 0 Å². The highest BCUT2D eigenvalue weighted by Gasteiger charge is 2.39. The van der Waals surface area contributed by atoms with E-state index >= 15 is 0 Å².